The van der Waals surface area contributed by atoms with Crippen molar-refractivity contribution in [2.75, 3.05) is 37.4 Å². The molecule has 0 bridgehead atoms. The van der Waals surface area contributed by atoms with Crippen molar-refractivity contribution in [3.05, 3.63) is 36.3 Å². The van der Waals surface area contributed by atoms with Gasteiger partial charge in [-0.3, -0.25) is 4.68 Å². The fourth-order valence-corrected chi connectivity index (χ4v) is 3.27. The number of carbonyl (C=O) groups is 1. The van der Waals surface area contributed by atoms with Crippen LogP contribution in [0.4, 0.5) is 16.3 Å². The second-order valence-corrected chi connectivity index (χ2v) is 7.24. The molecule has 27 heavy (non-hydrogen) atoms. The zero-order valence-electron chi connectivity index (χ0n) is 16.4. The quantitative estimate of drug-likeness (QED) is 0.841. The lowest BCUT2D eigenvalue weighted by Crippen LogP contribution is -2.40. The van der Waals surface area contributed by atoms with Gasteiger partial charge in [0.25, 0.3) is 0 Å². The minimum atomic E-state index is -0.00324. The number of hydrogen-bond donors (Lipinski definition) is 2. The van der Waals surface area contributed by atoms with Gasteiger partial charge in [0.2, 0.25) is 0 Å². The van der Waals surface area contributed by atoms with E-state index >= 15 is 0 Å². The molecule has 0 spiro atoms. The van der Waals surface area contributed by atoms with Crippen LogP contribution in [-0.4, -0.2) is 58.9 Å². The maximum absolute atomic E-state index is 12.4. The summed E-state index contributed by atoms with van der Waals surface area (Å²) < 4.78 is 1.74. The molecule has 3 rings (SSSR count). The van der Waals surface area contributed by atoms with Crippen LogP contribution in [-0.2, 0) is 13.6 Å². The van der Waals surface area contributed by atoms with Gasteiger partial charge in [-0.1, -0.05) is 0 Å². The highest BCUT2D eigenvalue weighted by Gasteiger charge is 2.20. The van der Waals surface area contributed by atoms with E-state index in [1.165, 1.54) is 0 Å². The number of pyridine rings is 1. The summed E-state index contributed by atoms with van der Waals surface area (Å²) in [5, 5.41) is 10.7. The second kappa shape index (κ2) is 8.75. The van der Waals surface area contributed by atoms with Crippen LogP contribution in [0.1, 0.15) is 24.8 Å². The van der Waals surface area contributed by atoms with Crippen LogP contribution in [0.5, 0.6) is 0 Å². The van der Waals surface area contributed by atoms with E-state index in [2.05, 4.69) is 26.8 Å². The lowest BCUT2D eigenvalue weighted by Gasteiger charge is -2.21. The molecular formula is C19H29N7O. The minimum absolute atomic E-state index is 0.00324. The molecule has 2 aromatic rings. The second-order valence-electron chi connectivity index (χ2n) is 7.24. The van der Waals surface area contributed by atoms with Gasteiger partial charge in [-0.05, 0) is 31.4 Å². The third-order valence-corrected chi connectivity index (χ3v) is 4.79. The molecule has 1 aliphatic heterocycles. The van der Waals surface area contributed by atoms with E-state index in [1.807, 2.05) is 49.4 Å². The van der Waals surface area contributed by atoms with Gasteiger partial charge in [0.15, 0.2) is 0 Å². The van der Waals surface area contributed by atoms with Crippen molar-refractivity contribution < 1.29 is 4.79 Å². The van der Waals surface area contributed by atoms with Crippen LogP contribution in [0.2, 0.25) is 0 Å². The highest BCUT2D eigenvalue weighted by molar-refractivity contribution is 5.74. The molecule has 2 N–H and O–H groups in total. The lowest BCUT2D eigenvalue weighted by molar-refractivity contribution is 0.199. The van der Waals surface area contributed by atoms with Crippen LogP contribution in [0.25, 0.3) is 0 Å². The molecule has 2 aromatic heterocycles. The van der Waals surface area contributed by atoms with Gasteiger partial charge in [-0.25, -0.2) is 9.78 Å². The SMILES string of the molecule is CN(C)c1ccc(NC2CCCN(C(=O)NCc3cnn(C)c3)CC2)cn1. The Morgan fingerprint density at radius 3 is 2.78 bits per heavy atom. The van der Waals surface area contributed by atoms with E-state index in [4.69, 9.17) is 0 Å². The van der Waals surface area contributed by atoms with Crippen LogP contribution < -0.4 is 15.5 Å². The molecule has 0 radical (unpaired) electrons. The fraction of sp³-hybridized carbons (Fsp3) is 0.526. The van der Waals surface area contributed by atoms with Crippen LogP contribution >= 0.6 is 0 Å². The Kier molecular flexibility index (Phi) is 6.16. The normalized spacial score (nSPS) is 17.3. The average Bonchev–Trinajstić information content (AvgIpc) is 2.93. The van der Waals surface area contributed by atoms with Gasteiger partial charge in [0, 0.05) is 58.6 Å². The van der Waals surface area contributed by atoms with Gasteiger partial charge in [0.1, 0.15) is 5.82 Å². The van der Waals surface area contributed by atoms with Gasteiger partial charge >= 0.3 is 6.03 Å². The Hall–Kier alpha value is -2.77. The highest BCUT2D eigenvalue weighted by Crippen LogP contribution is 2.18. The Morgan fingerprint density at radius 1 is 1.26 bits per heavy atom. The van der Waals surface area contributed by atoms with Gasteiger partial charge in [0.05, 0.1) is 18.1 Å². The molecule has 0 aliphatic carbocycles. The largest absolute Gasteiger partial charge is 0.381 e. The van der Waals surface area contributed by atoms with Gasteiger partial charge < -0.3 is 20.4 Å². The Bertz CT molecular complexity index is 741. The zero-order chi connectivity index (χ0) is 19.2. The zero-order valence-corrected chi connectivity index (χ0v) is 16.4. The summed E-state index contributed by atoms with van der Waals surface area (Å²) in [6.07, 6.45) is 8.52. The third-order valence-electron chi connectivity index (χ3n) is 4.79. The third kappa shape index (κ3) is 5.35. The molecule has 0 saturated carbocycles. The van der Waals surface area contributed by atoms with Gasteiger partial charge in [-0.15, -0.1) is 0 Å². The first-order valence-corrected chi connectivity index (χ1v) is 9.41. The Balaban J connectivity index is 1.47. The summed E-state index contributed by atoms with van der Waals surface area (Å²) in [5.41, 5.74) is 2.04. The first-order chi connectivity index (χ1) is 13.0. The lowest BCUT2D eigenvalue weighted by atomic mass is 10.1. The van der Waals surface area contributed by atoms with Gasteiger partial charge in [-0.2, -0.15) is 5.10 Å². The van der Waals surface area contributed by atoms with E-state index < -0.39 is 0 Å². The fourth-order valence-electron chi connectivity index (χ4n) is 3.27. The van der Waals surface area contributed by atoms with E-state index in [9.17, 15) is 4.79 Å². The standard InChI is InChI=1S/C19H29N7O/c1-24(2)18-7-6-17(13-20-18)23-16-5-4-9-26(10-8-16)19(27)21-11-15-12-22-25(3)14-15/h6-7,12-14,16,23H,4-5,8-11H2,1-3H3,(H,21,27). The number of urea groups is 1. The summed E-state index contributed by atoms with van der Waals surface area (Å²) >= 11 is 0. The molecule has 146 valence electrons. The van der Waals surface area contributed by atoms with E-state index in [0.29, 0.717) is 12.6 Å². The molecule has 1 fully saturated rings. The number of hydrogen-bond acceptors (Lipinski definition) is 5. The van der Waals surface area contributed by atoms with E-state index in [-0.39, 0.29) is 6.03 Å². The van der Waals surface area contributed by atoms with Crippen molar-refractivity contribution in [3.8, 4) is 0 Å². The molecule has 1 aliphatic rings. The molecular weight excluding hydrogens is 342 g/mol. The molecule has 1 atom stereocenters. The molecule has 2 amide bonds. The van der Waals surface area contributed by atoms with Crippen molar-refractivity contribution in [1.29, 1.82) is 0 Å². The maximum atomic E-state index is 12.4. The predicted molar refractivity (Wildman–Crippen MR) is 107 cm³/mol. The average molecular weight is 371 g/mol. The summed E-state index contributed by atoms with van der Waals surface area (Å²) in [7, 11) is 5.83. The topological polar surface area (TPSA) is 78.3 Å². The molecule has 8 heteroatoms. The number of amides is 2. The van der Waals surface area contributed by atoms with Crippen molar-refractivity contribution in [3.63, 3.8) is 0 Å². The van der Waals surface area contributed by atoms with E-state index in [0.717, 1.165) is 49.4 Å². The summed E-state index contributed by atoms with van der Waals surface area (Å²) in [6, 6.07) is 4.42. The number of aryl methyl sites for hydroxylation is 1. The van der Waals surface area contributed by atoms with Crippen LogP contribution in [0.3, 0.4) is 0 Å². The van der Waals surface area contributed by atoms with Crippen LogP contribution in [0.15, 0.2) is 30.7 Å². The smallest absolute Gasteiger partial charge is 0.317 e. The number of anilines is 2. The number of nitrogens with one attached hydrogen (secondary N) is 2. The molecule has 1 saturated heterocycles. The molecule has 3 heterocycles. The van der Waals surface area contributed by atoms with Crippen molar-refractivity contribution >= 4 is 17.5 Å². The number of nitrogens with zero attached hydrogens (tertiary/aromatic N) is 5. The van der Waals surface area contributed by atoms with Crippen molar-refractivity contribution in [2.24, 2.45) is 7.05 Å². The van der Waals surface area contributed by atoms with Crippen molar-refractivity contribution in [2.45, 2.75) is 31.8 Å². The van der Waals surface area contributed by atoms with Crippen LogP contribution in [0, 0.1) is 0 Å². The number of aromatic nitrogens is 3. The monoisotopic (exact) mass is 371 g/mol. The maximum Gasteiger partial charge on any atom is 0.317 e. The molecule has 0 aromatic carbocycles. The minimum Gasteiger partial charge on any atom is -0.381 e. The Morgan fingerprint density at radius 2 is 2.11 bits per heavy atom. The highest BCUT2D eigenvalue weighted by atomic mass is 16.2. The summed E-state index contributed by atoms with van der Waals surface area (Å²) in [4.78, 5) is 20.8. The number of rotatable bonds is 5. The molecule has 1 unspecified atom stereocenters. The summed E-state index contributed by atoms with van der Waals surface area (Å²) in [6.45, 7) is 2.05. The number of carbonyl (C=O) groups excluding carboxylic acids is 1. The summed E-state index contributed by atoms with van der Waals surface area (Å²) in [5.74, 6) is 0.942. The number of likely N-dealkylation sites (tertiary alicyclic amines) is 1. The first-order valence-electron chi connectivity index (χ1n) is 9.41. The Labute approximate surface area is 160 Å². The van der Waals surface area contributed by atoms with E-state index in [1.54, 1.807) is 10.9 Å². The van der Waals surface area contributed by atoms with Crippen molar-refractivity contribution in [1.82, 2.24) is 25.0 Å². The predicted octanol–water partition coefficient (Wildman–Crippen LogP) is 2.06. The first kappa shape index (κ1) is 19.0. The molecule has 8 nitrogen and oxygen atoms in total.